The number of piperazine rings is 1. The molecule has 2 aliphatic heterocycles. The number of hydrogen-bond acceptors (Lipinski definition) is 8. The van der Waals surface area contributed by atoms with Gasteiger partial charge in [0.2, 0.25) is 5.95 Å². The lowest BCUT2D eigenvalue weighted by molar-refractivity contribution is -0.0660. The van der Waals surface area contributed by atoms with Gasteiger partial charge in [-0.3, -0.25) is 4.90 Å². The van der Waals surface area contributed by atoms with Crippen molar-refractivity contribution < 1.29 is 6.16 Å². The predicted octanol–water partition coefficient (Wildman–Crippen LogP) is 2.87. The maximum Gasteiger partial charge on any atom is 0.246 e. The normalized spacial score (nSPS) is 17.9. The van der Waals surface area contributed by atoms with Crippen molar-refractivity contribution in [1.29, 1.82) is 0 Å². The summed E-state index contributed by atoms with van der Waals surface area (Å²) in [4.78, 5) is 17.5. The predicted molar refractivity (Wildman–Crippen MR) is 126 cm³/mol. The summed E-state index contributed by atoms with van der Waals surface area (Å²) in [5, 5.41) is 7.93. The molecule has 5 rings (SSSR count). The van der Waals surface area contributed by atoms with Crippen molar-refractivity contribution in [3.05, 3.63) is 48.8 Å². The maximum atomic E-state index is 5.37. The first-order valence-electron chi connectivity index (χ1n) is 11.1. The number of rotatable bonds is 5. The van der Waals surface area contributed by atoms with Gasteiger partial charge in [-0.05, 0) is 29.2 Å². The fourth-order valence-corrected chi connectivity index (χ4v) is 4.06. The standard InChI is InChI=1S/C23H30N8O.H2/c1-23(2,3)17-8-18(27-22-26-16-31(28-22)20-11-24-15-25-12-20)10-19(9-17)29-4-6-30(7-5-29)21-13-32-14-21;/h8-12,15-16,21H,4-7,13-14H2,1-3H3,(H,27,28);1H. The Morgan fingerprint density at radius 1 is 1.00 bits per heavy atom. The number of hydrogen-bond donors (Lipinski definition) is 1. The second kappa shape index (κ2) is 8.48. The van der Waals surface area contributed by atoms with E-state index in [0.29, 0.717) is 12.0 Å². The van der Waals surface area contributed by atoms with Crippen LogP contribution in [0.2, 0.25) is 0 Å². The van der Waals surface area contributed by atoms with Crippen LogP contribution in [0.4, 0.5) is 17.3 Å². The van der Waals surface area contributed by atoms with Crippen LogP contribution in [0, 0.1) is 0 Å². The van der Waals surface area contributed by atoms with Crippen LogP contribution in [0.1, 0.15) is 27.8 Å². The largest absolute Gasteiger partial charge is 0.378 e. The van der Waals surface area contributed by atoms with Crippen molar-refractivity contribution in [2.24, 2.45) is 0 Å². The zero-order valence-electron chi connectivity index (χ0n) is 18.9. The average Bonchev–Trinajstić information content (AvgIpc) is 3.21. The molecule has 0 radical (unpaired) electrons. The second-order valence-corrected chi connectivity index (χ2v) is 9.47. The Morgan fingerprint density at radius 2 is 1.75 bits per heavy atom. The van der Waals surface area contributed by atoms with Gasteiger partial charge in [-0.25, -0.2) is 14.6 Å². The zero-order valence-corrected chi connectivity index (χ0v) is 18.9. The Hall–Kier alpha value is -3.04. The Kier molecular flexibility index (Phi) is 5.52. The van der Waals surface area contributed by atoms with Gasteiger partial charge in [0.15, 0.2) is 0 Å². The molecule has 2 aliphatic rings. The van der Waals surface area contributed by atoms with Crippen LogP contribution >= 0.6 is 0 Å². The highest BCUT2D eigenvalue weighted by Crippen LogP contribution is 2.32. The molecule has 9 nitrogen and oxygen atoms in total. The van der Waals surface area contributed by atoms with Crippen LogP contribution in [0.3, 0.4) is 0 Å². The van der Waals surface area contributed by atoms with Gasteiger partial charge in [-0.15, -0.1) is 5.10 Å². The zero-order chi connectivity index (χ0) is 22.1. The van der Waals surface area contributed by atoms with E-state index in [0.717, 1.165) is 50.8 Å². The van der Waals surface area contributed by atoms with Crippen molar-refractivity contribution in [3.8, 4) is 5.69 Å². The number of aromatic nitrogens is 5. The molecule has 2 fully saturated rings. The van der Waals surface area contributed by atoms with Crippen molar-refractivity contribution in [1.82, 2.24) is 29.6 Å². The van der Waals surface area contributed by atoms with E-state index in [-0.39, 0.29) is 6.84 Å². The average molecular weight is 437 g/mol. The summed E-state index contributed by atoms with van der Waals surface area (Å²) in [7, 11) is 0. The first kappa shape index (κ1) is 20.8. The highest BCUT2D eigenvalue weighted by Gasteiger charge is 2.29. The van der Waals surface area contributed by atoms with Gasteiger partial charge in [0.25, 0.3) is 0 Å². The fourth-order valence-electron chi connectivity index (χ4n) is 4.06. The van der Waals surface area contributed by atoms with E-state index in [4.69, 9.17) is 4.74 Å². The van der Waals surface area contributed by atoms with Gasteiger partial charge < -0.3 is 15.0 Å². The molecule has 4 heterocycles. The summed E-state index contributed by atoms with van der Waals surface area (Å²) in [5.41, 5.74) is 4.31. The van der Waals surface area contributed by atoms with Gasteiger partial charge in [0.1, 0.15) is 18.3 Å². The highest BCUT2D eigenvalue weighted by molar-refractivity contribution is 5.65. The lowest BCUT2D eigenvalue weighted by Crippen LogP contribution is -2.56. The fraction of sp³-hybridized carbons (Fsp3) is 0.478. The van der Waals surface area contributed by atoms with Crippen LogP contribution in [0.5, 0.6) is 0 Å². The van der Waals surface area contributed by atoms with Crippen LogP contribution < -0.4 is 10.2 Å². The molecular formula is C23H32N8O. The van der Waals surface area contributed by atoms with Crippen LogP contribution in [0.15, 0.2) is 43.2 Å². The van der Waals surface area contributed by atoms with Gasteiger partial charge in [0.05, 0.1) is 31.6 Å². The van der Waals surface area contributed by atoms with Crippen molar-refractivity contribution in [2.45, 2.75) is 32.2 Å². The molecule has 0 bridgehead atoms. The van der Waals surface area contributed by atoms with E-state index in [2.05, 4.69) is 74.1 Å². The van der Waals surface area contributed by atoms with Crippen molar-refractivity contribution in [3.63, 3.8) is 0 Å². The quantitative estimate of drug-likeness (QED) is 0.654. The summed E-state index contributed by atoms with van der Waals surface area (Å²) in [5.74, 6) is 0.542. The molecule has 9 heteroatoms. The maximum absolute atomic E-state index is 5.37. The van der Waals surface area contributed by atoms with E-state index >= 15 is 0 Å². The molecule has 2 saturated heterocycles. The molecule has 0 unspecified atom stereocenters. The number of nitrogens with zero attached hydrogens (tertiary/aromatic N) is 7. The third-order valence-corrected chi connectivity index (χ3v) is 6.16. The summed E-state index contributed by atoms with van der Waals surface area (Å²) in [6, 6.07) is 7.31. The molecule has 0 spiro atoms. The summed E-state index contributed by atoms with van der Waals surface area (Å²) < 4.78 is 7.04. The van der Waals surface area contributed by atoms with E-state index in [1.807, 2.05) is 0 Å². The van der Waals surface area contributed by atoms with E-state index in [1.165, 1.54) is 17.6 Å². The molecule has 3 aromatic rings. The minimum atomic E-state index is 0. The molecule has 170 valence electrons. The SMILES string of the molecule is CC(C)(C)c1cc(Nc2ncn(-c3cncnc3)n2)cc(N2CCN(C3COC3)CC2)c1.[HH]. The second-order valence-electron chi connectivity index (χ2n) is 9.47. The Labute approximate surface area is 189 Å². The lowest BCUT2D eigenvalue weighted by Gasteiger charge is -2.43. The number of ether oxygens (including phenoxy) is 1. The number of benzene rings is 1. The molecule has 32 heavy (non-hydrogen) atoms. The lowest BCUT2D eigenvalue weighted by atomic mass is 9.86. The van der Waals surface area contributed by atoms with Gasteiger partial charge >= 0.3 is 0 Å². The molecule has 1 N–H and O–H groups in total. The van der Waals surface area contributed by atoms with E-state index in [1.54, 1.807) is 23.4 Å². The molecule has 1 aromatic carbocycles. The highest BCUT2D eigenvalue weighted by atomic mass is 16.5. The van der Waals surface area contributed by atoms with Gasteiger partial charge in [0, 0.05) is 39.0 Å². The third kappa shape index (κ3) is 4.44. The van der Waals surface area contributed by atoms with Crippen LogP contribution in [-0.2, 0) is 10.2 Å². The summed E-state index contributed by atoms with van der Waals surface area (Å²) >= 11 is 0. The first-order chi connectivity index (χ1) is 15.5. The molecule has 0 aliphatic carbocycles. The molecule has 0 amide bonds. The van der Waals surface area contributed by atoms with E-state index < -0.39 is 0 Å². The minimum absolute atomic E-state index is 0. The molecular weight excluding hydrogens is 404 g/mol. The van der Waals surface area contributed by atoms with Crippen LogP contribution in [0.25, 0.3) is 5.69 Å². The van der Waals surface area contributed by atoms with Crippen molar-refractivity contribution >= 4 is 17.3 Å². The minimum Gasteiger partial charge on any atom is -0.378 e. The molecule has 0 atom stereocenters. The Bertz CT molecular complexity index is 1060. The van der Waals surface area contributed by atoms with Gasteiger partial charge in [-0.1, -0.05) is 20.8 Å². The summed E-state index contributed by atoms with van der Waals surface area (Å²) in [6.45, 7) is 12.7. The van der Waals surface area contributed by atoms with E-state index in [9.17, 15) is 0 Å². The monoisotopic (exact) mass is 436 g/mol. The number of nitrogens with one attached hydrogen (secondary N) is 1. The smallest absolute Gasteiger partial charge is 0.246 e. The number of anilines is 3. The molecule has 0 saturated carbocycles. The Balaban J connectivity index is 0.00000259. The van der Waals surface area contributed by atoms with Crippen molar-refractivity contribution in [2.75, 3.05) is 49.6 Å². The summed E-state index contributed by atoms with van der Waals surface area (Å²) in [6.07, 6.45) is 6.58. The van der Waals surface area contributed by atoms with Crippen LogP contribution in [-0.4, -0.2) is 75.1 Å². The molecule has 2 aromatic heterocycles. The Morgan fingerprint density at radius 3 is 2.41 bits per heavy atom. The third-order valence-electron chi connectivity index (χ3n) is 6.16. The topological polar surface area (TPSA) is 84.2 Å². The first-order valence-corrected chi connectivity index (χ1v) is 11.1. The van der Waals surface area contributed by atoms with Gasteiger partial charge in [-0.2, -0.15) is 4.98 Å².